The van der Waals surface area contributed by atoms with Crippen LogP contribution >= 0.6 is 0 Å². The van der Waals surface area contributed by atoms with Crippen LogP contribution in [0.15, 0.2) is 35.9 Å². The Bertz CT molecular complexity index is 727. The Morgan fingerprint density at radius 2 is 1.85 bits per heavy atom. The smallest absolute Gasteiger partial charge is 0.307 e. The van der Waals surface area contributed by atoms with Crippen molar-refractivity contribution in [1.29, 1.82) is 0 Å². The summed E-state index contributed by atoms with van der Waals surface area (Å²) < 4.78 is 10.8. The first-order valence-electron chi connectivity index (χ1n) is 10.1. The van der Waals surface area contributed by atoms with E-state index in [2.05, 4.69) is 17.9 Å². The summed E-state index contributed by atoms with van der Waals surface area (Å²) >= 11 is 0. The molecule has 1 aromatic rings. The molecule has 1 atom stereocenters. The van der Waals surface area contributed by atoms with Crippen LogP contribution in [0.2, 0.25) is 0 Å². The summed E-state index contributed by atoms with van der Waals surface area (Å²) in [6.45, 7) is 2.47. The van der Waals surface area contributed by atoms with E-state index in [0.29, 0.717) is 12.0 Å². The van der Waals surface area contributed by atoms with Crippen LogP contribution in [-0.2, 0) is 9.53 Å². The highest BCUT2D eigenvalue weighted by Crippen LogP contribution is 2.47. The van der Waals surface area contributed by atoms with Crippen molar-refractivity contribution in [2.75, 3.05) is 13.7 Å². The normalized spacial score (nSPS) is 19.0. The summed E-state index contributed by atoms with van der Waals surface area (Å²) in [5, 5.41) is 0. The zero-order valence-electron chi connectivity index (χ0n) is 16.6. The van der Waals surface area contributed by atoms with Gasteiger partial charge in [-0.3, -0.25) is 4.79 Å². The van der Waals surface area contributed by atoms with Crippen molar-refractivity contribution in [3.8, 4) is 17.6 Å². The second kappa shape index (κ2) is 9.13. The molecule has 0 unspecified atom stereocenters. The Balaban J connectivity index is 1.60. The maximum atomic E-state index is 11.6. The molecule has 0 amide bonds. The molecule has 2 aliphatic rings. The van der Waals surface area contributed by atoms with Crippen molar-refractivity contribution in [1.82, 2.24) is 0 Å². The van der Waals surface area contributed by atoms with Crippen molar-refractivity contribution in [2.45, 2.75) is 64.2 Å². The van der Waals surface area contributed by atoms with E-state index in [0.717, 1.165) is 17.7 Å². The molecule has 0 saturated heterocycles. The van der Waals surface area contributed by atoms with Gasteiger partial charge in [0.15, 0.2) is 0 Å². The number of ether oxygens (including phenoxy) is 2. The molecule has 1 spiro atoms. The molecule has 2 aliphatic carbocycles. The quantitative estimate of drug-likeness (QED) is 0.384. The molecule has 0 heterocycles. The average Bonchev–Trinajstić information content (AvgIpc) is 3.14. The molecule has 1 saturated carbocycles. The molecular formula is C24H30O3. The van der Waals surface area contributed by atoms with Gasteiger partial charge in [-0.15, -0.1) is 5.92 Å². The Hall–Kier alpha value is -2.21. The summed E-state index contributed by atoms with van der Waals surface area (Å²) in [6.07, 6.45) is 12.1. The number of methoxy groups -OCH3 is 1. The molecule has 144 valence electrons. The predicted octanol–water partition coefficient (Wildman–Crippen LogP) is 5.41. The lowest BCUT2D eigenvalue weighted by Crippen LogP contribution is -2.19. The van der Waals surface area contributed by atoms with Gasteiger partial charge in [0.1, 0.15) is 12.4 Å². The molecule has 1 fully saturated rings. The number of benzene rings is 1. The zero-order chi connectivity index (χ0) is 19.1. The number of esters is 1. The maximum absolute atomic E-state index is 11.6. The molecule has 3 heteroatoms. The molecule has 3 nitrogen and oxygen atoms in total. The van der Waals surface area contributed by atoms with E-state index in [9.17, 15) is 4.79 Å². The fraction of sp³-hybridized carbons (Fsp3) is 0.542. The predicted molar refractivity (Wildman–Crippen MR) is 108 cm³/mol. The van der Waals surface area contributed by atoms with Crippen molar-refractivity contribution in [3.05, 3.63) is 41.5 Å². The molecular weight excluding hydrogens is 336 g/mol. The van der Waals surface area contributed by atoms with Crippen LogP contribution in [-0.4, -0.2) is 19.7 Å². The van der Waals surface area contributed by atoms with Crippen LogP contribution < -0.4 is 4.74 Å². The van der Waals surface area contributed by atoms with Gasteiger partial charge in [0.2, 0.25) is 0 Å². The van der Waals surface area contributed by atoms with E-state index in [1.165, 1.54) is 51.2 Å². The highest BCUT2D eigenvalue weighted by molar-refractivity contribution is 5.71. The third-order valence-electron chi connectivity index (χ3n) is 5.91. The van der Waals surface area contributed by atoms with Gasteiger partial charge in [0.05, 0.1) is 19.4 Å². The van der Waals surface area contributed by atoms with Crippen molar-refractivity contribution >= 4 is 5.97 Å². The van der Waals surface area contributed by atoms with Gasteiger partial charge >= 0.3 is 5.97 Å². The molecule has 0 radical (unpaired) electrons. The highest BCUT2D eigenvalue weighted by Gasteiger charge is 2.33. The van der Waals surface area contributed by atoms with Gasteiger partial charge in [0, 0.05) is 0 Å². The summed E-state index contributed by atoms with van der Waals surface area (Å²) in [7, 11) is 1.41. The summed E-state index contributed by atoms with van der Waals surface area (Å²) in [5.74, 6) is 6.49. The number of allylic oxidation sites excluding steroid dienone is 1. The van der Waals surface area contributed by atoms with E-state index < -0.39 is 0 Å². The van der Waals surface area contributed by atoms with Crippen LogP contribution in [0, 0.1) is 17.3 Å². The minimum Gasteiger partial charge on any atom is -0.489 e. The van der Waals surface area contributed by atoms with Gasteiger partial charge in [-0.25, -0.2) is 0 Å². The van der Waals surface area contributed by atoms with Crippen LogP contribution in [0.25, 0.3) is 0 Å². The molecule has 0 aromatic heterocycles. The average molecular weight is 367 g/mol. The van der Waals surface area contributed by atoms with Gasteiger partial charge in [0.25, 0.3) is 0 Å². The van der Waals surface area contributed by atoms with E-state index in [1.54, 1.807) is 6.92 Å². The lowest BCUT2D eigenvalue weighted by atomic mass is 9.75. The Labute approximate surface area is 163 Å². The molecule has 27 heavy (non-hydrogen) atoms. The summed E-state index contributed by atoms with van der Waals surface area (Å²) in [6, 6.07) is 7.96. The zero-order valence-corrected chi connectivity index (χ0v) is 16.6. The Morgan fingerprint density at radius 3 is 2.52 bits per heavy atom. The third kappa shape index (κ3) is 5.16. The third-order valence-corrected chi connectivity index (χ3v) is 5.91. The molecule has 0 bridgehead atoms. The van der Waals surface area contributed by atoms with Gasteiger partial charge in [-0.05, 0) is 67.7 Å². The first-order chi connectivity index (χ1) is 13.1. The van der Waals surface area contributed by atoms with Gasteiger partial charge < -0.3 is 9.47 Å². The Morgan fingerprint density at radius 1 is 1.15 bits per heavy atom. The van der Waals surface area contributed by atoms with Crippen molar-refractivity contribution in [2.24, 2.45) is 5.41 Å². The summed E-state index contributed by atoms with van der Waals surface area (Å²) in [4.78, 5) is 11.6. The fourth-order valence-corrected chi connectivity index (χ4v) is 4.48. The van der Waals surface area contributed by atoms with E-state index in [-0.39, 0.29) is 18.3 Å². The number of carbonyl (C=O) groups is 1. The van der Waals surface area contributed by atoms with Crippen LogP contribution in [0.5, 0.6) is 5.75 Å². The first-order valence-corrected chi connectivity index (χ1v) is 10.1. The van der Waals surface area contributed by atoms with Gasteiger partial charge in [-0.2, -0.15) is 0 Å². The second-order valence-corrected chi connectivity index (χ2v) is 7.81. The minimum atomic E-state index is -0.242. The topological polar surface area (TPSA) is 35.5 Å². The number of hydrogen-bond acceptors (Lipinski definition) is 3. The molecule has 3 rings (SSSR count). The molecule has 0 N–H and O–H groups in total. The molecule has 0 aliphatic heterocycles. The van der Waals surface area contributed by atoms with Crippen LogP contribution in [0.1, 0.15) is 69.8 Å². The fourth-order valence-electron chi connectivity index (χ4n) is 4.48. The number of hydrogen-bond donors (Lipinski definition) is 0. The van der Waals surface area contributed by atoms with Crippen molar-refractivity contribution < 1.29 is 14.3 Å². The van der Waals surface area contributed by atoms with Crippen LogP contribution in [0.4, 0.5) is 0 Å². The maximum Gasteiger partial charge on any atom is 0.307 e. The summed E-state index contributed by atoms with van der Waals surface area (Å²) in [5.41, 5.74) is 2.94. The lowest BCUT2D eigenvalue weighted by molar-refractivity contribution is -0.140. The minimum absolute atomic E-state index is 0.139. The second-order valence-electron chi connectivity index (χ2n) is 7.81. The molecule has 1 aromatic carbocycles. The number of carbonyl (C=O) groups excluding carboxylic acids is 1. The van der Waals surface area contributed by atoms with E-state index in [4.69, 9.17) is 9.47 Å². The van der Waals surface area contributed by atoms with Crippen molar-refractivity contribution in [3.63, 3.8) is 0 Å². The highest BCUT2D eigenvalue weighted by atomic mass is 16.5. The monoisotopic (exact) mass is 366 g/mol. The lowest BCUT2D eigenvalue weighted by Gasteiger charge is -2.31. The largest absolute Gasteiger partial charge is 0.489 e. The SMILES string of the molecule is CC#C[C@@H](CC(=O)OC)c1ccc(OCC2=CC3(CCCC3)CCC2)cc1. The standard InChI is InChI=1S/C24H30O3/c1-3-7-21(16-23(25)26-2)20-9-11-22(12-10-20)27-18-19-8-6-15-24(17-19)13-4-5-14-24/h9-12,17,21H,4-6,8,13-16,18H2,1-2H3/t21-/m0/s1. The van der Waals surface area contributed by atoms with Gasteiger partial charge in [-0.1, -0.05) is 37.0 Å². The van der Waals surface area contributed by atoms with E-state index >= 15 is 0 Å². The van der Waals surface area contributed by atoms with Crippen LogP contribution in [0.3, 0.4) is 0 Å². The Kier molecular flexibility index (Phi) is 6.61. The number of rotatable bonds is 6. The van der Waals surface area contributed by atoms with E-state index in [1.807, 2.05) is 24.3 Å². The first kappa shape index (κ1) is 19.5.